The molecule has 0 unspecified atom stereocenters. The van der Waals surface area contributed by atoms with Crippen molar-refractivity contribution in [3.63, 3.8) is 0 Å². The van der Waals surface area contributed by atoms with Crippen LogP contribution in [0.5, 0.6) is 0 Å². The van der Waals surface area contributed by atoms with Gasteiger partial charge in [0, 0.05) is 6.54 Å². The average Bonchev–Trinajstić information content (AvgIpc) is 3.15. The lowest BCUT2D eigenvalue weighted by molar-refractivity contribution is -0.0597. The SMILES string of the molecule is Cc1ccc(S(=O)(=O)N2C[C@@H](/C=C/c3ccccc3)O[C@H]3CCC[C@@H]32)cc1. The van der Waals surface area contributed by atoms with Gasteiger partial charge in [-0.2, -0.15) is 4.31 Å². The molecular formula is C22H25NO3S. The van der Waals surface area contributed by atoms with Crippen LogP contribution in [-0.4, -0.2) is 37.5 Å². The maximum atomic E-state index is 13.3. The van der Waals surface area contributed by atoms with Gasteiger partial charge in [-0.1, -0.05) is 60.2 Å². The van der Waals surface area contributed by atoms with Gasteiger partial charge >= 0.3 is 0 Å². The first kappa shape index (κ1) is 18.4. The summed E-state index contributed by atoms with van der Waals surface area (Å²) in [6, 6.07) is 17.1. The molecule has 0 radical (unpaired) electrons. The Morgan fingerprint density at radius 3 is 2.52 bits per heavy atom. The molecule has 1 heterocycles. The normalized spacial score (nSPS) is 26.3. The predicted molar refractivity (Wildman–Crippen MR) is 107 cm³/mol. The Kier molecular flexibility index (Phi) is 5.17. The fraction of sp³-hybridized carbons (Fsp3) is 0.364. The van der Waals surface area contributed by atoms with Crippen molar-refractivity contribution in [2.24, 2.45) is 0 Å². The summed E-state index contributed by atoms with van der Waals surface area (Å²) in [5.74, 6) is 0. The second-order valence-electron chi connectivity index (χ2n) is 7.37. The van der Waals surface area contributed by atoms with Gasteiger partial charge in [-0.3, -0.25) is 0 Å². The molecule has 4 nitrogen and oxygen atoms in total. The summed E-state index contributed by atoms with van der Waals surface area (Å²) in [4.78, 5) is 0.367. The summed E-state index contributed by atoms with van der Waals surface area (Å²) in [7, 11) is -3.53. The Morgan fingerprint density at radius 1 is 1.04 bits per heavy atom. The van der Waals surface area contributed by atoms with E-state index in [2.05, 4.69) is 0 Å². The van der Waals surface area contributed by atoms with E-state index in [1.807, 2.05) is 61.5 Å². The third-order valence-electron chi connectivity index (χ3n) is 5.43. The number of sulfonamides is 1. The van der Waals surface area contributed by atoms with Crippen molar-refractivity contribution in [1.82, 2.24) is 4.31 Å². The molecule has 1 aliphatic carbocycles. The molecule has 4 rings (SSSR count). The topological polar surface area (TPSA) is 46.6 Å². The smallest absolute Gasteiger partial charge is 0.243 e. The minimum absolute atomic E-state index is 0.0237. The molecule has 142 valence electrons. The molecule has 2 aromatic carbocycles. The van der Waals surface area contributed by atoms with E-state index in [0.29, 0.717) is 11.4 Å². The summed E-state index contributed by atoms with van der Waals surface area (Å²) in [5, 5.41) is 0. The zero-order valence-corrected chi connectivity index (χ0v) is 16.3. The number of benzene rings is 2. The fourth-order valence-electron chi connectivity index (χ4n) is 3.99. The van der Waals surface area contributed by atoms with Crippen molar-refractivity contribution < 1.29 is 13.2 Å². The number of nitrogens with zero attached hydrogens (tertiary/aromatic N) is 1. The van der Waals surface area contributed by atoms with Crippen molar-refractivity contribution >= 4 is 16.1 Å². The van der Waals surface area contributed by atoms with E-state index in [4.69, 9.17) is 4.74 Å². The van der Waals surface area contributed by atoms with E-state index in [-0.39, 0.29) is 18.2 Å². The van der Waals surface area contributed by atoms with Gasteiger partial charge in [-0.05, 0) is 43.9 Å². The van der Waals surface area contributed by atoms with E-state index in [0.717, 1.165) is 30.4 Å². The molecule has 1 saturated heterocycles. The highest BCUT2D eigenvalue weighted by molar-refractivity contribution is 7.89. The van der Waals surface area contributed by atoms with Crippen LogP contribution in [0.4, 0.5) is 0 Å². The largest absolute Gasteiger partial charge is 0.368 e. The lowest BCUT2D eigenvalue weighted by Crippen LogP contribution is -2.54. The fourth-order valence-corrected chi connectivity index (χ4v) is 5.68. The first-order valence-electron chi connectivity index (χ1n) is 9.51. The Hall–Kier alpha value is -1.95. The summed E-state index contributed by atoms with van der Waals surface area (Å²) < 4.78 is 34.5. The molecule has 2 fully saturated rings. The zero-order valence-electron chi connectivity index (χ0n) is 15.5. The molecule has 0 amide bonds. The second-order valence-corrected chi connectivity index (χ2v) is 9.26. The van der Waals surface area contributed by atoms with Crippen LogP contribution in [0.15, 0.2) is 65.6 Å². The van der Waals surface area contributed by atoms with Gasteiger partial charge < -0.3 is 4.74 Å². The lowest BCUT2D eigenvalue weighted by Gasteiger charge is -2.40. The molecule has 27 heavy (non-hydrogen) atoms. The summed E-state index contributed by atoms with van der Waals surface area (Å²) >= 11 is 0. The molecule has 0 spiro atoms. The van der Waals surface area contributed by atoms with E-state index in [1.165, 1.54) is 0 Å². The van der Waals surface area contributed by atoms with Crippen LogP contribution < -0.4 is 0 Å². The molecule has 2 aromatic rings. The maximum absolute atomic E-state index is 13.3. The Balaban J connectivity index is 1.60. The molecule has 0 N–H and O–H groups in total. The van der Waals surface area contributed by atoms with Crippen LogP contribution in [0.3, 0.4) is 0 Å². The predicted octanol–water partition coefficient (Wildman–Crippen LogP) is 4.02. The Bertz CT molecular complexity index is 906. The highest BCUT2D eigenvalue weighted by Crippen LogP contribution is 2.35. The van der Waals surface area contributed by atoms with Crippen LogP contribution in [0, 0.1) is 6.92 Å². The van der Waals surface area contributed by atoms with E-state index in [1.54, 1.807) is 16.4 Å². The zero-order chi connectivity index (χ0) is 18.9. The molecule has 2 aliphatic rings. The quantitative estimate of drug-likeness (QED) is 0.801. The standard InChI is InChI=1S/C22H25NO3S/c1-17-10-14-20(15-11-17)27(24,25)23-16-19(26-22-9-5-8-21(22)23)13-12-18-6-3-2-4-7-18/h2-4,6-7,10-15,19,21-22H,5,8-9,16H2,1H3/b13-12+/t19-,21+,22+/m1/s1. The molecular weight excluding hydrogens is 358 g/mol. The third kappa shape index (κ3) is 3.86. The number of aryl methyl sites for hydroxylation is 1. The van der Waals surface area contributed by atoms with Crippen LogP contribution in [0.2, 0.25) is 0 Å². The minimum Gasteiger partial charge on any atom is -0.368 e. The highest BCUT2D eigenvalue weighted by Gasteiger charge is 2.44. The Labute approximate surface area is 161 Å². The minimum atomic E-state index is -3.53. The molecule has 0 bridgehead atoms. The van der Waals surface area contributed by atoms with Crippen molar-refractivity contribution in [1.29, 1.82) is 0 Å². The summed E-state index contributed by atoms with van der Waals surface area (Å²) in [6.45, 7) is 2.32. The summed E-state index contributed by atoms with van der Waals surface area (Å²) in [5.41, 5.74) is 2.14. The summed E-state index contributed by atoms with van der Waals surface area (Å²) in [6.07, 6.45) is 6.53. The van der Waals surface area contributed by atoms with Gasteiger partial charge in [0.2, 0.25) is 10.0 Å². The van der Waals surface area contributed by atoms with E-state index in [9.17, 15) is 8.42 Å². The molecule has 1 saturated carbocycles. The van der Waals surface area contributed by atoms with E-state index >= 15 is 0 Å². The van der Waals surface area contributed by atoms with Crippen LogP contribution in [-0.2, 0) is 14.8 Å². The van der Waals surface area contributed by atoms with Crippen LogP contribution in [0.1, 0.15) is 30.4 Å². The molecule has 3 atom stereocenters. The number of hydrogen-bond donors (Lipinski definition) is 0. The number of hydrogen-bond acceptors (Lipinski definition) is 3. The molecule has 0 aromatic heterocycles. The second kappa shape index (κ2) is 7.58. The van der Waals surface area contributed by atoms with Gasteiger partial charge in [-0.15, -0.1) is 0 Å². The van der Waals surface area contributed by atoms with Gasteiger partial charge in [-0.25, -0.2) is 8.42 Å². The van der Waals surface area contributed by atoms with Gasteiger partial charge in [0.15, 0.2) is 0 Å². The van der Waals surface area contributed by atoms with Gasteiger partial charge in [0.25, 0.3) is 0 Å². The van der Waals surface area contributed by atoms with Gasteiger partial charge in [0.05, 0.1) is 23.1 Å². The maximum Gasteiger partial charge on any atom is 0.243 e. The van der Waals surface area contributed by atoms with Gasteiger partial charge in [0.1, 0.15) is 0 Å². The van der Waals surface area contributed by atoms with Crippen LogP contribution >= 0.6 is 0 Å². The Morgan fingerprint density at radius 2 is 1.78 bits per heavy atom. The first-order chi connectivity index (χ1) is 13.0. The van der Waals surface area contributed by atoms with Crippen molar-refractivity contribution in [3.8, 4) is 0 Å². The average molecular weight is 384 g/mol. The number of fused-ring (bicyclic) bond motifs is 1. The lowest BCUT2D eigenvalue weighted by atomic mass is 10.1. The number of morpholine rings is 1. The third-order valence-corrected chi connectivity index (χ3v) is 7.33. The molecule has 1 aliphatic heterocycles. The van der Waals surface area contributed by atoms with E-state index < -0.39 is 10.0 Å². The first-order valence-corrected chi connectivity index (χ1v) is 11.0. The van der Waals surface area contributed by atoms with Crippen LogP contribution in [0.25, 0.3) is 6.08 Å². The van der Waals surface area contributed by atoms with Crippen molar-refractivity contribution in [3.05, 3.63) is 71.8 Å². The monoisotopic (exact) mass is 383 g/mol. The number of ether oxygens (including phenoxy) is 1. The van der Waals surface area contributed by atoms with Crippen molar-refractivity contribution in [2.75, 3.05) is 6.54 Å². The van der Waals surface area contributed by atoms with Crippen molar-refractivity contribution in [2.45, 2.75) is 49.3 Å². The highest BCUT2D eigenvalue weighted by atomic mass is 32.2. The molecule has 5 heteroatoms. The number of rotatable bonds is 4.